The number of piperidine rings is 1. The van der Waals surface area contributed by atoms with Crippen LogP contribution < -0.4 is 0 Å². The lowest BCUT2D eigenvalue weighted by molar-refractivity contribution is 0.0688. The van der Waals surface area contributed by atoms with E-state index in [4.69, 9.17) is 5.11 Å². The fourth-order valence-corrected chi connectivity index (χ4v) is 3.91. The summed E-state index contributed by atoms with van der Waals surface area (Å²) in [7, 11) is 0. The molecule has 23 heavy (non-hydrogen) atoms. The van der Waals surface area contributed by atoms with Crippen LogP contribution in [-0.2, 0) is 0 Å². The van der Waals surface area contributed by atoms with E-state index in [1.807, 2.05) is 24.8 Å². The number of aromatic nitrogens is 2. The third-order valence-electron chi connectivity index (χ3n) is 4.25. The Morgan fingerprint density at radius 1 is 1.30 bits per heavy atom. The molecule has 0 spiro atoms. The maximum atomic E-state index is 12.6. The van der Waals surface area contributed by atoms with Gasteiger partial charge in [0.25, 0.3) is 5.91 Å². The standard InChI is InChI=1S/C16H19N3O3S/c1-10-7-14(11(2)23-10)15(20)18-5-3-13(4-6-18)19-9-12(8-17-19)16(21)22/h7-9,13H,3-6H2,1-2H3,(H,21,22). The van der Waals surface area contributed by atoms with Crippen LogP contribution in [0.1, 0.15) is 49.4 Å². The lowest BCUT2D eigenvalue weighted by Crippen LogP contribution is -2.39. The molecule has 1 aliphatic rings. The van der Waals surface area contributed by atoms with Crippen LogP contribution in [0.15, 0.2) is 18.5 Å². The number of aromatic carboxylic acids is 1. The van der Waals surface area contributed by atoms with Crippen LogP contribution in [0.3, 0.4) is 0 Å². The third kappa shape index (κ3) is 3.14. The topological polar surface area (TPSA) is 75.4 Å². The minimum atomic E-state index is -0.966. The van der Waals surface area contributed by atoms with E-state index in [0.717, 1.165) is 28.2 Å². The second-order valence-electron chi connectivity index (χ2n) is 5.86. The lowest BCUT2D eigenvalue weighted by Gasteiger charge is -2.32. The Kier molecular flexibility index (Phi) is 4.21. The molecule has 1 saturated heterocycles. The van der Waals surface area contributed by atoms with Gasteiger partial charge in [0.15, 0.2) is 0 Å². The Balaban J connectivity index is 1.65. The first-order valence-corrected chi connectivity index (χ1v) is 8.41. The number of thiophene rings is 1. The van der Waals surface area contributed by atoms with Crippen LogP contribution in [0.25, 0.3) is 0 Å². The largest absolute Gasteiger partial charge is 0.478 e. The highest BCUT2D eigenvalue weighted by Crippen LogP contribution is 2.26. The van der Waals surface area contributed by atoms with Gasteiger partial charge in [-0.25, -0.2) is 4.79 Å². The fraction of sp³-hybridized carbons (Fsp3) is 0.438. The summed E-state index contributed by atoms with van der Waals surface area (Å²) in [6.07, 6.45) is 4.51. The summed E-state index contributed by atoms with van der Waals surface area (Å²) in [6, 6.07) is 2.11. The van der Waals surface area contributed by atoms with E-state index < -0.39 is 5.97 Å². The average Bonchev–Trinajstić information content (AvgIpc) is 3.13. The quantitative estimate of drug-likeness (QED) is 0.937. The summed E-state index contributed by atoms with van der Waals surface area (Å²) >= 11 is 1.65. The van der Waals surface area contributed by atoms with Crippen molar-refractivity contribution in [2.75, 3.05) is 13.1 Å². The van der Waals surface area contributed by atoms with Crippen molar-refractivity contribution < 1.29 is 14.7 Å². The molecule has 6 nitrogen and oxygen atoms in total. The van der Waals surface area contributed by atoms with Crippen molar-refractivity contribution in [3.8, 4) is 0 Å². The molecule has 0 unspecified atom stereocenters. The molecule has 1 fully saturated rings. The van der Waals surface area contributed by atoms with E-state index >= 15 is 0 Å². The Hall–Kier alpha value is -2.15. The Labute approximate surface area is 138 Å². The monoisotopic (exact) mass is 333 g/mol. The molecule has 0 atom stereocenters. The molecule has 3 heterocycles. The molecule has 2 aromatic heterocycles. The summed E-state index contributed by atoms with van der Waals surface area (Å²) in [4.78, 5) is 27.6. The summed E-state index contributed by atoms with van der Waals surface area (Å²) in [5.74, 6) is -0.871. The van der Waals surface area contributed by atoms with Crippen molar-refractivity contribution in [2.24, 2.45) is 0 Å². The van der Waals surface area contributed by atoms with Gasteiger partial charge < -0.3 is 10.0 Å². The summed E-state index contributed by atoms with van der Waals surface area (Å²) in [5, 5.41) is 13.1. The number of carbonyl (C=O) groups excluding carboxylic acids is 1. The SMILES string of the molecule is Cc1cc(C(=O)N2CCC(n3cc(C(=O)O)cn3)CC2)c(C)s1. The van der Waals surface area contributed by atoms with Gasteiger partial charge in [0.05, 0.1) is 23.4 Å². The smallest absolute Gasteiger partial charge is 0.338 e. The first-order valence-electron chi connectivity index (χ1n) is 7.59. The highest BCUT2D eigenvalue weighted by atomic mass is 32.1. The van der Waals surface area contributed by atoms with Crippen LogP contribution in [0, 0.1) is 13.8 Å². The third-order valence-corrected chi connectivity index (χ3v) is 5.21. The number of hydrogen-bond donors (Lipinski definition) is 1. The molecular weight excluding hydrogens is 314 g/mol. The van der Waals surface area contributed by atoms with Crippen LogP contribution >= 0.6 is 11.3 Å². The molecule has 0 aromatic carbocycles. The van der Waals surface area contributed by atoms with Crippen molar-refractivity contribution >= 4 is 23.2 Å². The van der Waals surface area contributed by atoms with E-state index in [-0.39, 0.29) is 17.5 Å². The number of carbonyl (C=O) groups is 2. The molecular formula is C16H19N3O3S. The van der Waals surface area contributed by atoms with Crippen LogP contribution in [0.2, 0.25) is 0 Å². The fourth-order valence-electron chi connectivity index (χ4n) is 3.00. The van der Waals surface area contributed by atoms with Gasteiger partial charge in [-0.3, -0.25) is 9.48 Å². The van der Waals surface area contributed by atoms with E-state index in [1.165, 1.54) is 6.20 Å². The summed E-state index contributed by atoms with van der Waals surface area (Å²) in [5.41, 5.74) is 1.01. The van der Waals surface area contributed by atoms with E-state index in [1.54, 1.807) is 22.2 Å². The highest BCUT2D eigenvalue weighted by molar-refractivity contribution is 7.12. The minimum Gasteiger partial charge on any atom is -0.478 e. The summed E-state index contributed by atoms with van der Waals surface area (Å²) < 4.78 is 1.71. The predicted octanol–water partition coefficient (Wildman–Crippen LogP) is 2.74. The number of nitrogens with zero attached hydrogens (tertiary/aromatic N) is 3. The Morgan fingerprint density at radius 3 is 2.52 bits per heavy atom. The van der Waals surface area contributed by atoms with Crippen molar-refractivity contribution in [1.82, 2.24) is 14.7 Å². The number of likely N-dealkylation sites (tertiary alicyclic amines) is 1. The number of hydrogen-bond acceptors (Lipinski definition) is 4. The highest BCUT2D eigenvalue weighted by Gasteiger charge is 2.26. The van der Waals surface area contributed by atoms with Gasteiger partial charge in [0.2, 0.25) is 0 Å². The van der Waals surface area contributed by atoms with Crippen molar-refractivity contribution in [2.45, 2.75) is 32.7 Å². The first kappa shape index (κ1) is 15.7. The van der Waals surface area contributed by atoms with Crippen molar-refractivity contribution in [3.63, 3.8) is 0 Å². The van der Waals surface area contributed by atoms with E-state index in [2.05, 4.69) is 5.10 Å². The first-order chi connectivity index (χ1) is 11.0. The predicted molar refractivity (Wildman–Crippen MR) is 87.2 cm³/mol. The van der Waals surface area contributed by atoms with E-state index in [0.29, 0.717) is 13.1 Å². The minimum absolute atomic E-state index is 0.0944. The van der Waals surface area contributed by atoms with E-state index in [9.17, 15) is 9.59 Å². The van der Waals surface area contributed by atoms with Crippen LogP contribution in [-0.4, -0.2) is 44.8 Å². The molecule has 3 rings (SSSR count). The molecule has 0 aliphatic carbocycles. The van der Waals surface area contributed by atoms with Gasteiger partial charge in [0, 0.05) is 29.0 Å². The number of amides is 1. The maximum Gasteiger partial charge on any atom is 0.338 e. The molecule has 7 heteroatoms. The van der Waals surface area contributed by atoms with Gasteiger partial charge >= 0.3 is 5.97 Å². The zero-order chi connectivity index (χ0) is 16.6. The lowest BCUT2D eigenvalue weighted by atomic mass is 10.0. The van der Waals surface area contributed by atoms with Crippen molar-refractivity contribution in [1.29, 1.82) is 0 Å². The van der Waals surface area contributed by atoms with Gasteiger partial charge in [-0.05, 0) is 32.8 Å². The molecule has 122 valence electrons. The molecule has 1 N–H and O–H groups in total. The summed E-state index contributed by atoms with van der Waals surface area (Å²) in [6.45, 7) is 5.33. The zero-order valence-electron chi connectivity index (χ0n) is 13.2. The Morgan fingerprint density at radius 2 is 2.00 bits per heavy atom. The molecule has 0 saturated carbocycles. The molecule has 1 amide bonds. The molecule has 2 aromatic rings. The molecule has 0 radical (unpaired) electrons. The van der Waals surface area contributed by atoms with Gasteiger partial charge in [0.1, 0.15) is 0 Å². The average molecular weight is 333 g/mol. The van der Waals surface area contributed by atoms with Gasteiger partial charge in [-0.2, -0.15) is 5.10 Å². The number of aryl methyl sites for hydroxylation is 2. The Bertz CT molecular complexity index is 742. The number of rotatable bonds is 3. The molecule has 1 aliphatic heterocycles. The normalized spacial score (nSPS) is 15.8. The zero-order valence-corrected chi connectivity index (χ0v) is 14.0. The van der Waals surface area contributed by atoms with Gasteiger partial charge in [-0.1, -0.05) is 0 Å². The number of carboxylic acids is 1. The maximum absolute atomic E-state index is 12.6. The second-order valence-corrected chi connectivity index (χ2v) is 7.32. The van der Waals surface area contributed by atoms with Crippen LogP contribution in [0.4, 0.5) is 0 Å². The molecule has 0 bridgehead atoms. The van der Waals surface area contributed by atoms with Crippen molar-refractivity contribution in [3.05, 3.63) is 39.3 Å². The van der Waals surface area contributed by atoms with Crippen LogP contribution in [0.5, 0.6) is 0 Å². The van der Waals surface area contributed by atoms with Gasteiger partial charge in [-0.15, -0.1) is 11.3 Å². The number of carboxylic acid groups (broad SMARTS) is 1. The second kappa shape index (κ2) is 6.16.